The van der Waals surface area contributed by atoms with Crippen LogP contribution in [-0.4, -0.2) is 19.4 Å². The topological polar surface area (TPSA) is 43.1 Å². The fraction of sp³-hybridized carbons (Fsp3) is 0. The zero-order valence-electron chi connectivity index (χ0n) is 8.81. The van der Waals surface area contributed by atoms with E-state index in [9.17, 15) is 4.39 Å². The first kappa shape index (κ1) is 11.4. The van der Waals surface area contributed by atoms with Crippen LogP contribution in [0.5, 0.6) is 0 Å². The lowest BCUT2D eigenvalue weighted by atomic mass is 10.4. The van der Waals surface area contributed by atoms with Gasteiger partial charge in [-0.2, -0.15) is 0 Å². The molecular weight excluding hydrogens is 278 g/mol. The molecule has 7 heteroatoms. The molecule has 0 aliphatic rings. The Hall–Kier alpha value is -1.72. The van der Waals surface area contributed by atoms with Gasteiger partial charge in [-0.15, -0.1) is 0 Å². The Morgan fingerprint density at radius 3 is 2.83 bits per heavy atom. The molecule has 0 radical (unpaired) electrons. The van der Waals surface area contributed by atoms with Crippen LogP contribution in [-0.2, 0) is 0 Å². The van der Waals surface area contributed by atoms with Gasteiger partial charge in [-0.05, 0) is 6.07 Å². The highest BCUT2D eigenvalue weighted by Gasteiger charge is 2.11. The molecule has 0 spiro atoms. The summed E-state index contributed by atoms with van der Waals surface area (Å²) in [6.07, 6.45) is 4.50. The molecule has 90 valence electrons. The Morgan fingerprint density at radius 1 is 1.22 bits per heavy atom. The molecule has 18 heavy (non-hydrogen) atoms. The molecule has 3 heterocycles. The first-order valence-electron chi connectivity index (χ1n) is 4.96. The SMILES string of the molecule is Fc1cc2ncc(-c3nccc(Cl)n3)n2cc1Cl. The third-order valence-corrected chi connectivity index (χ3v) is 2.89. The average molecular weight is 283 g/mol. The number of rotatable bonds is 1. The first-order chi connectivity index (χ1) is 8.65. The lowest BCUT2D eigenvalue weighted by molar-refractivity contribution is 0.627. The van der Waals surface area contributed by atoms with Gasteiger partial charge in [0, 0.05) is 18.5 Å². The Labute approximate surface area is 111 Å². The number of aromatic nitrogens is 4. The molecule has 0 aliphatic heterocycles. The van der Waals surface area contributed by atoms with Crippen molar-refractivity contribution in [2.45, 2.75) is 0 Å². The zero-order valence-corrected chi connectivity index (χ0v) is 10.3. The first-order valence-corrected chi connectivity index (χ1v) is 5.72. The van der Waals surface area contributed by atoms with Gasteiger partial charge in [-0.25, -0.2) is 19.3 Å². The van der Waals surface area contributed by atoms with Crippen LogP contribution < -0.4 is 0 Å². The Kier molecular flexibility index (Phi) is 2.65. The van der Waals surface area contributed by atoms with Crippen molar-refractivity contribution in [3.05, 3.63) is 46.7 Å². The van der Waals surface area contributed by atoms with E-state index in [0.29, 0.717) is 22.3 Å². The van der Waals surface area contributed by atoms with E-state index < -0.39 is 5.82 Å². The van der Waals surface area contributed by atoms with Crippen molar-refractivity contribution < 1.29 is 4.39 Å². The predicted molar refractivity (Wildman–Crippen MR) is 66.2 cm³/mol. The minimum Gasteiger partial charge on any atom is -0.295 e. The molecule has 0 atom stereocenters. The highest BCUT2D eigenvalue weighted by molar-refractivity contribution is 6.30. The Balaban J connectivity index is 2.27. The molecule has 4 nitrogen and oxygen atoms in total. The minimum atomic E-state index is -0.520. The lowest BCUT2D eigenvalue weighted by Crippen LogP contribution is -1.94. The monoisotopic (exact) mass is 282 g/mol. The molecule has 0 saturated carbocycles. The van der Waals surface area contributed by atoms with Crippen LogP contribution in [0.25, 0.3) is 17.2 Å². The Bertz CT molecular complexity index is 741. The van der Waals surface area contributed by atoms with E-state index in [0.717, 1.165) is 0 Å². The van der Waals surface area contributed by atoms with Gasteiger partial charge in [-0.1, -0.05) is 23.2 Å². The summed E-state index contributed by atoms with van der Waals surface area (Å²) in [4.78, 5) is 12.2. The molecule has 0 amide bonds. The third kappa shape index (κ3) is 1.81. The van der Waals surface area contributed by atoms with Gasteiger partial charge < -0.3 is 0 Å². The molecule has 0 saturated heterocycles. The third-order valence-electron chi connectivity index (χ3n) is 2.40. The smallest absolute Gasteiger partial charge is 0.179 e. The Morgan fingerprint density at radius 2 is 2.06 bits per heavy atom. The molecular formula is C11H5Cl2FN4. The molecule has 3 rings (SSSR count). The maximum absolute atomic E-state index is 13.3. The number of imidazole rings is 1. The van der Waals surface area contributed by atoms with E-state index in [4.69, 9.17) is 23.2 Å². The predicted octanol–water partition coefficient (Wildman–Crippen LogP) is 3.24. The van der Waals surface area contributed by atoms with Crippen molar-refractivity contribution in [1.29, 1.82) is 0 Å². The number of pyridine rings is 1. The van der Waals surface area contributed by atoms with Gasteiger partial charge >= 0.3 is 0 Å². The maximum atomic E-state index is 13.3. The number of halogens is 3. The van der Waals surface area contributed by atoms with E-state index >= 15 is 0 Å². The van der Waals surface area contributed by atoms with Crippen LogP contribution in [0.1, 0.15) is 0 Å². The molecule has 0 aromatic carbocycles. The van der Waals surface area contributed by atoms with Gasteiger partial charge in [0.2, 0.25) is 0 Å². The lowest BCUT2D eigenvalue weighted by Gasteiger charge is -2.02. The van der Waals surface area contributed by atoms with E-state index in [1.54, 1.807) is 10.5 Å². The summed E-state index contributed by atoms with van der Waals surface area (Å²) in [6, 6.07) is 2.82. The summed E-state index contributed by atoms with van der Waals surface area (Å²) in [6.45, 7) is 0. The quantitative estimate of drug-likeness (QED) is 0.644. The minimum absolute atomic E-state index is 0.00350. The summed E-state index contributed by atoms with van der Waals surface area (Å²) in [7, 11) is 0. The summed E-state index contributed by atoms with van der Waals surface area (Å²) < 4.78 is 14.9. The van der Waals surface area contributed by atoms with Gasteiger partial charge in [0.25, 0.3) is 0 Å². The van der Waals surface area contributed by atoms with E-state index in [1.165, 1.54) is 24.7 Å². The van der Waals surface area contributed by atoms with Gasteiger partial charge in [0.05, 0.1) is 11.2 Å². The van der Waals surface area contributed by atoms with Crippen LogP contribution in [0.3, 0.4) is 0 Å². The van der Waals surface area contributed by atoms with Crippen molar-refractivity contribution in [3.63, 3.8) is 0 Å². The summed E-state index contributed by atoms with van der Waals surface area (Å²) in [5.74, 6) is -0.119. The van der Waals surface area contributed by atoms with Crippen molar-refractivity contribution in [2.75, 3.05) is 0 Å². The fourth-order valence-electron chi connectivity index (χ4n) is 1.60. The van der Waals surface area contributed by atoms with Gasteiger partial charge in [-0.3, -0.25) is 4.40 Å². The second kappa shape index (κ2) is 4.19. The summed E-state index contributed by atoms with van der Waals surface area (Å²) in [5.41, 5.74) is 1.02. The van der Waals surface area contributed by atoms with Crippen LogP contribution in [0.2, 0.25) is 10.2 Å². The van der Waals surface area contributed by atoms with Crippen molar-refractivity contribution in [3.8, 4) is 11.5 Å². The summed E-state index contributed by atoms with van der Waals surface area (Å²) in [5, 5.41) is 0.326. The van der Waals surface area contributed by atoms with Crippen molar-refractivity contribution in [1.82, 2.24) is 19.4 Å². The van der Waals surface area contributed by atoms with Crippen LogP contribution in [0.4, 0.5) is 4.39 Å². The largest absolute Gasteiger partial charge is 0.295 e. The molecule has 0 fully saturated rings. The van der Waals surface area contributed by atoms with Crippen LogP contribution in [0.15, 0.2) is 30.7 Å². The number of nitrogens with zero attached hydrogens (tertiary/aromatic N) is 4. The molecule has 3 aromatic heterocycles. The highest BCUT2D eigenvalue weighted by atomic mass is 35.5. The maximum Gasteiger partial charge on any atom is 0.179 e. The molecule has 0 N–H and O–H groups in total. The molecule has 0 aliphatic carbocycles. The number of hydrogen-bond donors (Lipinski definition) is 0. The average Bonchev–Trinajstić information content (AvgIpc) is 2.73. The highest BCUT2D eigenvalue weighted by Crippen LogP contribution is 2.22. The van der Waals surface area contributed by atoms with Crippen LogP contribution >= 0.6 is 23.2 Å². The van der Waals surface area contributed by atoms with Crippen molar-refractivity contribution in [2.24, 2.45) is 0 Å². The zero-order chi connectivity index (χ0) is 12.7. The van der Waals surface area contributed by atoms with E-state index in [1.807, 2.05) is 0 Å². The molecule has 0 unspecified atom stereocenters. The van der Waals surface area contributed by atoms with E-state index in [-0.39, 0.29) is 5.02 Å². The molecule has 0 bridgehead atoms. The number of hydrogen-bond acceptors (Lipinski definition) is 3. The second-order valence-electron chi connectivity index (χ2n) is 3.54. The normalized spacial score (nSPS) is 11.1. The summed E-state index contributed by atoms with van der Waals surface area (Å²) >= 11 is 11.5. The van der Waals surface area contributed by atoms with Crippen molar-refractivity contribution >= 4 is 28.8 Å². The van der Waals surface area contributed by atoms with Gasteiger partial charge in [0.15, 0.2) is 5.82 Å². The van der Waals surface area contributed by atoms with E-state index in [2.05, 4.69) is 15.0 Å². The molecule has 3 aromatic rings. The van der Waals surface area contributed by atoms with Gasteiger partial charge in [0.1, 0.15) is 22.3 Å². The second-order valence-corrected chi connectivity index (χ2v) is 4.34. The number of fused-ring (bicyclic) bond motifs is 1. The fourth-order valence-corrected chi connectivity index (χ4v) is 1.89. The standard InChI is InChI=1S/C11H5Cl2FN4/c12-6-5-18-8(4-16-10(18)3-7(6)14)11-15-2-1-9(13)17-11/h1-5H. The van der Waals surface area contributed by atoms with Crippen LogP contribution in [0, 0.1) is 5.82 Å².